The molecule has 2 rings (SSSR count). The summed E-state index contributed by atoms with van der Waals surface area (Å²) in [5.41, 5.74) is 0.882. The third-order valence-electron chi connectivity index (χ3n) is 4.74. The van der Waals surface area contributed by atoms with Crippen molar-refractivity contribution in [3.63, 3.8) is 0 Å². The van der Waals surface area contributed by atoms with E-state index in [2.05, 4.69) is 16.0 Å². The molecule has 3 amide bonds. The van der Waals surface area contributed by atoms with E-state index in [4.69, 9.17) is 4.74 Å². The average Bonchev–Trinajstić information content (AvgIpc) is 3.10. The van der Waals surface area contributed by atoms with Gasteiger partial charge in [-0.3, -0.25) is 9.59 Å². The van der Waals surface area contributed by atoms with Crippen LogP contribution < -0.4 is 16.0 Å². The molecule has 1 fully saturated rings. The molecule has 0 unspecified atom stereocenters. The molecule has 0 saturated carbocycles. The first kappa shape index (κ1) is 22.7. The number of aliphatic hydroxyl groups excluding tert-OH is 1. The molecule has 0 radical (unpaired) electrons. The largest absolute Gasteiger partial charge is 0.449 e. The second kappa shape index (κ2) is 11.4. The first-order valence-electron chi connectivity index (χ1n) is 10.0. The molecule has 1 aromatic carbocycles. The Morgan fingerprint density at radius 3 is 2.55 bits per heavy atom. The van der Waals surface area contributed by atoms with E-state index in [1.54, 1.807) is 0 Å². The summed E-state index contributed by atoms with van der Waals surface area (Å²) in [6, 6.07) is 7.90. The third-order valence-corrected chi connectivity index (χ3v) is 4.74. The fourth-order valence-corrected chi connectivity index (χ4v) is 3.18. The Kier molecular flexibility index (Phi) is 8.92. The Morgan fingerprint density at radius 2 is 1.97 bits per heavy atom. The molecule has 1 aliphatic rings. The molecule has 8 heteroatoms. The number of nitrogens with one attached hydrogen (secondary N) is 3. The van der Waals surface area contributed by atoms with Gasteiger partial charge in [0.25, 0.3) is 0 Å². The summed E-state index contributed by atoms with van der Waals surface area (Å²) in [5, 5.41) is 17.8. The van der Waals surface area contributed by atoms with Gasteiger partial charge in [0.15, 0.2) is 0 Å². The van der Waals surface area contributed by atoms with Gasteiger partial charge in [-0.05, 0) is 24.3 Å². The van der Waals surface area contributed by atoms with Gasteiger partial charge in [-0.1, -0.05) is 44.2 Å². The van der Waals surface area contributed by atoms with Crippen LogP contribution in [0.2, 0.25) is 0 Å². The zero-order valence-corrected chi connectivity index (χ0v) is 17.0. The molecule has 0 spiro atoms. The second-order valence-corrected chi connectivity index (χ2v) is 7.78. The van der Waals surface area contributed by atoms with Gasteiger partial charge in [-0.25, -0.2) is 4.79 Å². The number of hydrogen-bond donors (Lipinski definition) is 4. The number of carbonyl (C=O) groups excluding carboxylic acids is 3. The maximum Gasteiger partial charge on any atom is 0.407 e. The van der Waals surface area contributed by atoms with Crippen molar-refractivity contribution in [1.82, 2.24) is 16.0 Å². The minimum atomic E-state index is -0.858. The van der Waals surface area contributed by atoms with Gasteiger partial charge in [0.05, 0.1) is 19.3 Å². The van der Waals surface area contributed by atoms with E-state index in [0.717, 1.165) is 5.56 Å². The van der Waals surface area contributed by atoms with E-state index in [1.807, 2.05) is 44.2 Å². The minimum absolute atomic E-state index is 0.0612. The Bertz CT molecular complexity index is 680. The van der Waals surface area contributed by atoms with Crippen molar-refractivity contribution in [2.45, 2.75) is 45.2 Å². The van der Waals surface area contributed by atoms with E-state index in [0.29, 0.717) is 19.4 Å². The number of carbonyl (C=O) groups is 3. The van der Waals surface area contributed by atoms with Gasteiger partial charge < -0.3 is 25.8 Å². The van der Waals surface area contributed by atoms with E-state index in [1.165, 1.54) is 0 Å². The van der Waals surface area contributed by atoms with Crippen LogP contribution >= 0.6 is 0 Å². The number of hydrogen-bond acceptors (Lipinski definition) is 5. The predicted molar refractivity (Wildman–Crippen MR) is 108 cm³/mol. The maximum absolute atomic E-state index is 12.9. The maximum atomic E-state index is 12.9. The van der Waals surface area contributed by atoms with Crippen LogP contribution in [0.3, 0.4) is 0 Å². The predicted octanol–water partition coefficient (Wildman–Crippen LogP) is 0.983. The molecule has 29 heavy (non-hydrogen) atoms. The first-order valence-corrected chi connectivity index (χ1v) is 10.0. The molecular weight excluding hydrogens is 374 g/mol. The fraction of sp³-hybridized carbons (Fsp3) is 0.571. The zero-order valence-electron chi connectivity index (χ0n) is 17.0. The molecule has 4 N–H and O–H groups in total. The zero-order chi connectivity index (χ0) is 21.2. The molecule has 1 saturated heterocycles. The third kappa shape index (κ3) is 7.73. The van der Waals surface area contributed by atoms with E-state index < -0.39 is 24.1 Å². The Balaban J connectivity index is 2.01. The molecule has 0 aromatic heterocycles. The SMILES string of the molecule is CC(C)COC(=O)N[C@@H](Cc1ccccc1)C(=O)N[C@H](CO)C[C@@H]1CCNC1=O. The van der Waals surface area contributed by atoms with Crippen molar-refractivity contribution < 1.29 is 24.2 Å². The van der Waals surface area contributed by atoms with Crippen LogP contribution in [0.4, 0.5) is 4.79 Å². The molecule has 0 bridgehead atoms. The van der Waals surface area contributed by atoms with Gasteiger partial charge in [0.2, 0.25) is 11.8 Å². The molecule has 0 aliphatic carbocycles. The van der Waals surface area contributed by atoms with Crippen molar-refractivity contribution >= 4 is 17.9 Å². The van der Waals surface area contributed by atoms with E-state index in [9.17, 15) is 19.5 Å². The van der Waals surface area contributed by atoms with Crippen LogP contribution in [-0.4, -0.2) is 54.9 Å². The van der Waals surface area contributed by atoms with Gasteiger partial charge in [-0.15, -0.1) is 0 Å². The van der Waals surface area contributed by atoms with Crippen molar-refractivity contribution in [3.05, 3.63) is 35.9 Å². The van der Waals surface area contributed by atoms with Crippen LogP contribution in [0, 0.1) is 11.8 Å². The monoisotopic (exact) mass is 405 g/mol. The topological polar surface area (TPSA) is 117 Å². The Labute approximate surface area is 171 Å². The molecule has 1 heterocycles. The lowest BCUT2D eigenvalue weighted by Gasteiger charge is -2.23. The smallest absolute Gasteiger partial charge is 0.407 e. The lowest BCUT2D eigenvalue weighted by molar-refractivity contribution is -0.126. The lowest BCUT2D eigenvalue weighted by atomic mass is 9.98. The van der Waals surface area contributed by atoms with Gasteiger partial charge in [0.1, 0.15) is 6.04 Å². The van der Waals surface area contributed by atoms with E-state index in [-0.39, 0.29) is 37.4 Å². The van der Waals surface area contributed by atoms with Crippen molar-refractivity contribution in [3.8, 4) is 0 Å². The van der Waals surface area contributed by atoms with Crippen LogP contribution in [-0.2, 0) is 20.7 Å². The highest BCUT2D eigenvalue weighted by Crippen LogP contribution is 2.16. The number of amides is 3. The van der Waals surface area contributed by atoms with Crippen LogP contribution in [0.5, 0.6) is 0 Å². The minimum Gasteiger partial charge on any atom is -0.449 e. The summed E-state index contributed by atoms with van der Waals surface area (Å²) in [5.74, 6) is -0.538. The summed E-state index contributed by atoms with van der Waals surface area (Å²) in [7, 11) is 0. The Morgan fingerprint density at radius 1 is 1.24 bits per heavy atom. The highest BCUT2D eigenvalue weighted by molar-refractivity contribution is 5.86. The highest BCUT2D eigenvalue weighted by Gasteiger charge is 2.29. The normalized spacial score (nSPS) is 18.1. The fourth-order valence-electron chi connectivity index (χ4n) is 3.18. The van der Waals surface area contributed by atoms with E-state index >= 15 is 0 Å². The Hall–Kier alpha value is -2.61. The van der Waals surface area contributed by atoms with Crippen molar-refractivity contribution in [2.75, 3.05) is 19.8 Å². The summed E-state index contributed by atoms with van der Waals surface area (Å²) >= 11 is 0. The number of aliphatic hydroxyl groups is 1. The molecular formula is C21H31N3O5. The quantitative estimate of drug-likeness (QED) is 0.463. The van der Waals surface area contributed by atoms with Gasteiger partial charge in [0, 0.05) is 18.9 Å². The van der Waals surface area contributed by atoms with Gasteiger partial charge in [-0.2, -0.15) is 0 Å². The van der Waals surface area contributed by atoms with Crippen LogP contribution in [0.1, 0.15) is 32.3 Å². The summed E-state index contributed by atoms with van der Waals surface area (Å²) in [6.45, 7) is 4.42. The molecule has 1 aromatic rings. The van der Waals surface area contributed by atoms with Crippen molar-refractivity contribution in [1.29, 1.82) is 0 Å². The summed E-state index contributed by atoms with van der Waals surface area (Å²) < 4.78 is 5.14. The lowest BCUT2D eigenvalue weighted by Crippen LogP contribution is -2.52. The molecule has 1 aliphatic heterocycles. The average molecular weight is 405 g/mol. The molecule has 8 nitrogen and oxygen atoms in total. The highest BCUT2D eigenvalue weighted by atomic mass is 16.5. The summed E-state index contributed by atoms with van der Waals surface area (Å²) in [4.78, 5) is 36.7. The van der Waals surface area contributed by atoms with Crippen molar-refractivity contribution in [2.24, 2.45) is 11.8 Å². The number of rotatable bonds is 10. The molecule has 3 atom stereocenters. The second-order valence-electron chi connectivity index (χ2n) is 7.78. The number of benzene rings is 1. The van der Waals surface area contributed by atoms with Crippen LogP contribution in [0.15, 0.2) is 30.3 Å². The van der Waals surface area contributed by atoms with Gasteiger partial charge >= 0.3 is 6.09 Å². The van der Waals surface area contributed by atoms with Crippen LogP contribution in [0.25, 0.3) is 0 Å². The summed E-state index contributed by atoms with van der Waals surface area (Å²) in [6.07, 6.45) is 0.652. The molecule has 160 valence electrons. The number of alkyl carbamates (subject to hydrolysis) is 1. The standard InChI is InChI=1S/C21H31N3O5/c1-14(2)13-29-21(28)24-18(10-15-6-4-3-5-7-15)20(27)23-17(12-25)11-16-8-9-22-19(16)26/h3-7,14,16-18,25H,8-13H2,1-2H3,(H,22,26)(H,23,27)(H,24,28)/t16-,17-,18-/m0/s1. The first-order chi connectivity index (χ1) is 13.9. The number of ether oxygens (including phenoxy) is 1.